The Morgan fingerprint density at radius 3 is 2.52 bits per heavy atom. The Bertz CT molecular complexity index is 1240. The van der Waals surface area contributed by atoms with Crippen molar-refractivity contribution in [3.05, 3.63) is 54.0 Å². The summed E-state index contributed by atoms with van der Waals surface area (Å²) in [7, 11) is -2.18. The van der Waals surface area contributed by atoms with Crippen LogP contribution in [0, 0.1) is 0 Å². The molecule has 1 fully saturated rings. The normalized spacial score (nSPS) is 15.5. The van der Waals surface area contributed by atoms with Crippen molar-refractivity contribution in [2.24, 2.45) is 12.8 Å². The van der Waals surface area contributed by atoms with E-state index in [0.29, 0.717) is 25.9 Å². The number of nitrogens with two attached hydrogens (primary N) is 1. The summed E-state index contributed by atoms with van der Waals surface area (Å²) in [6, 6.07) is 9.25. The van der Waals surface area contributed by atoms with Crippen LogP contribution in [0.1, 0.15) is 22.5 Å². The number of hydrogen-bond donors (Lipinski definition) is 2. The molecular weight excluding hydrogens is 418 g/mol. The van der Waals surface area contributed by atoms with Crippen molar-refractivity contribution in [2.45, 2.75) is 17.7 Å². The quantitative estimate of drug-likeness (QED) is 0.592. The molecule has 164 valence electrons. The van der Waals surface area contributed by atoms with Crippen molar-refractivity contribution >= 4 is 32.7 Å². The number of carbonyl (C=O) groups is 2. The van der Waals surface area contributed by atoms with Crippen LogP contribution in [0.5, 0.6) is 0 Å². The van der Waals surface area contributed by atoms with Crippen molar-refractivity contribution in [3.8, 4) is 0 Å². The largest absolute Gasteiger partial charge is 0.364 e. The van der Waals surface area contributed by atoms with Gasteiger partial charge in [0.2, 0.25) is 15.9 Å². The minimum Gasteiger partial charge on any atom is -0.364 e. The summed E-state index contributed by atoms with van der Waals surface area (Å²) < 4.78 is 28.6. The standard InChI is InChI=1S/C21H25N5O4S/c1-24-14-16(12-19(24)21(22)28)31(29,30)26-10-8-25(9-11-26)20(27)7-6-15-13-23-18-5-3-2-4-17(15)18/h2-5,12-14,23H,6-11H2,1H3,(H2,22,28). The lowest BCUT2D eigenvalue weighted by molar-refractivity contribution is -0.132. The Morgan fingerprint density at radius 1 is 1.13 bits per heavy atom. The third-order valence-electron chi connectivity index (χ3n) is 5.74. The first-order valence-electron chi connectivity index (χ1n) is 10.1. The molecule has 0 bridgehead atoms. The predicted molar refractivity (Wildman–Crippen MR) is 116 cm³/mol. The number of H-pyrrole nitrogens is 1. The van der Waals surface area contributed by atoms with Crippen LogP contribution in [0.15, 0.2) is 47.6 Å². The highest BCUT2D eigenvalue weighted by Crippen LogP contribution is 2.22. The second kappa shape index (κ2) is 8.20. The highest BCUT2D eigenvalue weighted by atomic mass is 32.2. The van der Waals surface area contributed by atoms with Gasteiger partial charge in [-0.05, 0) is 24.1 Å². The number of para-hydroxylation sites is 1. The number of amides is 2. The fourth-order valence-corrected chi connectivity index (χ4v) is 5.48. The number of aromatic amines is 1. The Kier molecular flexibility index (Phi) is 5.59. The molecule has 3 heterocycles. The number of nitrogens with zero attached hydrogens (tertiary/aromatic N) is 3. The molecule has 10 heteroatoms. The van der Waals surface area contributed by atoms with E-state index in [-0.39, 0.29) is 29.6 Å². The number of sulfonamides is 1. The van der Waals surface area contributed by atoms with Gasteiger partial charge in [0.15, 0.2) is 0 Å². The third kappa shape index (κ3) is 4.08. The second-order valence-corrected chi connectivity index (χ2v) is 9.62. The van der Waals surface area contributed by atoms with Crippen LogP contribution in [0.3, 0.4) is 0 Å². The molecule has 0 spiro atoms. The van der Waals surface area contributed by atoms with Crippen LogP contribution < -0.4 is 5.73 Å². The second-order valence-electron chi connectivity index (χ2n) is 7.68. The molecule has 1 aliphatic heterocycles. The molecule has 0 saturated carbocycles. The molecule has 0 unspecified atom stereocenters. The summed E-state index contributed by atoms with van der Waals surface area (Å²) in [5, 5.41) is 1.12. The average Bonchev–Trinajstić information content (AvgIpc) is 3.36. The van der Waals surface area contributed by atoms with Crippen molar-refractivity contribution in [1.82, 2.24) is 18.8 Å². The zero-order valence-corrected chi connectivity index (χ0v) is 18.1. The van der Waals surface area contributed by atoms with Gasteiger partial charge in [-0.25, -0.2) is 8.42 Å². The topological polar surface area (TPSA) is 122 Å². The van der Waals surface area contributed by atoms with Crippen LogP contribution in [0.2, 0.25) is 0 Å². The monoisotopic (exact) mass is 443 g/mol. The number of rotatable bonds is 6. The molecule has 9 nitrogen and oxygen atoms in total. The molecule has 1 aliphatic rings. The van der Waals surface area contributed by atoms with E-state index in [1.165, 1.54) is 21.1 Å². The van der Waals surface area contributed by atoms with E-state index in [2.05, 4.69) is 4.98 Å². The molecule has 0 atom stereocenters. The first kappa shape index (κ1) is 21.1. The summed E-state index contributed by atoms with van der Waals surface area (Å²) in [5.74, 6) is -0.673. The van der Waals surface area contributed by atoms with E-state index in [9.17, 15) is 18.0 Å². The third-order valence-corrected chi connectivity index (χ3v) is 7.61. The first-order valence-corrected chi connectivity index (χ1v) is 11.5. The zero-order valence-electron chi connectivity index (χ0n) is 17.2. The van der Waals surface area contributed by atoms with Gasteiger partial charge in [-0.2, -0.15) is 4.31 Å². The Hall–Kier alpha value is -3.11. The minimum atomic E-state index is -3.76. The van der Waals surface area contributed by atoms with E-state index in [1.54, 1.807) is 11.9 Å². The van der Waals surface area contributed by atoms with Gasteiger partial charge in [0.25, 0.3) is 5.91 Å². The molecule has 3 aromatic rings. The van der Waals surface area contributed by atoms with Gasteiger partial charge in [0, 0.05) is 62.9 Å². The Labute approximate surface area is 180 Å². The lowest BCUT2D eigenvalue weighted by atomic mass is 10.1. The molecule has 3 N–H and O–H groups in total. The molecule has 4 rings (SSSR count). The van der Waals surface area contributed by atoms with Gasteiger partial charge < -0.3 is 20.2 Å². The van der Waals surface area contributed by atoms with Crippen LogP contribution >= 0.6 is 0 Å². The van der Waals surface area contributed by atoms with E-state index >= 15 is 0 Å². The number of primary amides is 1. The lowest BCUT2D eigenvalue weighted by Gasteiger charge is -2.33. The SMILES string of the molecule is Cn1cc(S(=O)(=O)N2CCN(C(=O)CCc3c[nH]c4ccccc34)CC2)cc1C(N)=O. The van der Waals surface area contributed by atoms with Crippen molar-refractivity contribution < 1.29 is 18.0 Å². The molecule has 1 saturated heterocycles. The summed E-state index contributed by atoms with van der Waals surface area (Å²) in [6.45, 7) is 1.09. The highest BCUT2D eigenvalue weighted by Gasteiger charge is 2.31. The van der Waals surface area contributed by atoms with Gasteiger partial charge in [0.1, 0.15) is 10.6 Å². The maximum absolute atomic E-state index is 12.9. The summed E-state index contributed by atoms with van der Waals surface area (Å²) >= 11 is 0. The van der Waals surface area contributed by atoms with Crippen LogP contribution in [-0.4, -0.2) is 65.2 Å². The number of carbonyl (C=O) groups excluding carboxylic acids is 2. The fourth-order valence-electron chi connectivity index (χ4n) is 3.99. The maximum atomic E-state index is 12.9. The number of benzene rings is 1. The van der Waals surface area contributed by atoms with Crippen molar-refractivity contribution in [1.29, 1.82) is 0 Å². The average molecular weight is 444 g/mol. The highest BCUT2D eigenvalue weighted by molar-refractivity contribution is 7.89. The van der Waals surface area contributed by atoms with E-state index in [4.69, 9.17) is 5.73 Å². The van der Waals surface area contributed by atoms with Gasteiger partial charge >= 0.3 is 0 Å². The maximum Gasteiger partial charge on any atom is 0.265 e. The number of aryl methyl sites for hydroxylation is 2. The smallest absolute Gasteiger partial charge is 0.265 e. The molecule has 0 radical (unpaired) electrons. The molecular formula is C21H25N5O4S. The summed E-state index contributed by atoms with van der Waals surface area (Å²) in [6.07, 6.45) is 4.31. The van der Waals surface area contributed by atoms with Gasteiger partial charge in [-0.3, -0.25) is 9.59 Å². The van der Waals surface area contributed by atoms with E-state index in [1.807, 2.05) is 30.5 Å². The number of nitrogens with one attached hydrogen (secondary N) is 1. The van der Waals surface area contributed by atoms with Crippen molar-refractivity contribution in [3.63, 3.8) is 0 Å². The first-order chi connectivity index (χ1) is 14.8. The molecule has 0 aliphatic carbocycles. The Balaban J connectivity index is 1.36. The van der Waals surface area contributed by atoms with Crippen LogP contribution in [-0.2, 0) is 28.3 Å². The molecule has 1 aromatic carbocycles. The summed E-state index contributed by atoms with van der Waals surface area (Å²) in [4.78, 5) is 29.0. The Morgan fingerprint density at radius 2 is 1.84 bits per heavy atom. The van der Waals surface area contributed by atoms with Crippen LogP contribution in [0.25, 0.3) is 10.9 Å². The lowest BCUT2D eigenvalue weighted by Crippen LogP contribution is -2.50. The molecule has 2 amide bonds. The van der Waals surface area contributed by atoms with E-state index in [0.717, 1.165) is 16.5 Å². The summed E-state index contributed by atoms with van der Waals surface area (Å²) in [5.41, 5.74) is 7.55. The predicted octanol–water partition coefficient (Wildman–Crippen LogP) is 1.07. The molecule has 31 heavy (non-hydrogen) atoms. The number of hydrogen-bond acceptors (Lipinski definition) is 4. The van der Waals surface area contributed by atoms with Gasteiger partial charge in [-0.1, -0.05) is 18.2 Å². The number of piperazine rings is 1. The minimum absolute atomic E-state index is 0.0121. The van der Waals surface area contributed by atoms with Crippen LogP contribution in [0.4, 0.5) is 0 Å². The number of aromatic nitrogens is 2. The molecule has 2 aromatic heterocycles. The van der Waals surface area contributed by atoms with Gasteiger partial charge in [0.05, 0.1) is 0 Å². The van der Waals surface area contributed by atoms with E-state index < -0.39 is 15.9 Å². The van der Waals surface area contributed by atoms with Crippen molar-refractivity contribution in [2.75, 3.05) is 26.2 Å². The zero-order chi connectivity index (χ0) is 22.2. The number of fused-ring (bicyclic) bond motifs is 1. The fraction of sp³-hybridized carbons (Fsp3) is 0.333. The van der Waals surface area contributed by atoms with Gasteiger partial charge in [-0.15, -0.1) is 0 Å².